The van der Waals surface area contributed by atoms with E-state index in [4.69, 9.17) is 4.74 Å². The molecule has 5 heteroatoms. The molecule has 0 unspecified atom stereocenters. The molecule has 0 fully saturated rings. The smallest absolute Gasteiger partial charge is 0.273 e. The predicted molar refractivity (Wildman–Crippen MR) is 61.6 cm³/mol. The molecule has 0 radical (unpaired) electrons. The topological polar surface area (TPSA) is 52.4 Å². The summed E-state index contributed by atoms with van der Waals surface area (Å²) in [6.07, 6.45) is 1.98. The van der Waals surface area contributed by atoms with Gasteiger partial charge in [-0.05, 0) is 18.9 Å². The number of rotatable bonds is 6. The number of nitro benzene ring substituents is 1. The number of non-ortho nitro benzene ring substituents is 1. The molecule has 0 amide bonds. The first kappa shape index (κ1) is 12.0. The van der Waals surface area contributed by atoms with Gasteiger partial charge in [0.25, 0.3) is 5.69 Å². The highest BCUT2D eigenvalue weighted by Crippen LogP contribution is 2.19. The van der Waals surface area contributed by atoms with Crippen molar-refractivity contribution in [2.75, 3.05) is 11.9 Å². The van der Waals surface area contributed by atoms with E-state index in [9.17, 15) is 10.1 Å². The Labute approximate surface area is 96.5 Å². The average molecular weight is 274 g/mol. The summed E-state index contributed by atoms with van der Waals surface area (Å²) in [5.74, 6) is 0.554. The zero-order chi connectivity index (χ0) is 11.1. The second-order valence-corrected chi connectivity index (χ2v) is 3.79. The zero-order valence-electron chi connectivity index (χ0n) is 8.19. The highest BCUT2D eigenvalue weighted by Gasteiger charge is 2.05. The van der Waals surface area contributed by atoms with E-state index in [0.717, 1.165) is 18.2 Å². The van der Waals surface area contributed by atoms with Crippen molar-refractivity contribution in [2.45, 2.75) is 12.8 Å². The largest absolute Gasteiger partial charge is 0.493 e. The molecule has 1 aromatic rings. The molecule has 0 aliphatic heterocycles. The third kappa shape index (κ3) is 4.29. The summed E-state index contributed by atoms with van der Waals surface area (Å²) < 4.78 is 5.37. The van der Waals surface area contributed by atoms with E-state index in [2.05, 4.69) is 15.9 Å². The molecule has 0 aromatic heterocycles. The van der Waals surface area contributed by atoms with E-state index >= 15 is 0 Å². The molecule has 0 atom stereocenters. The van der Waals surface area contributed by atoms with Crippen molar-refractivity contribution in [3.8, 4) is 5.75 Å². The maximum Gasteiger partial charge on any atom is 0.273 e. The van der Waals surface area contributed by atoms with E-state index in [1.54, 1.807) is 12.1 Å². The Morgan fingerprint density at radius 2 is 2.20 bits per heavy atom. The van der Waals surface area contributed by atoms with Gasteiger partial charge in [0, 0.05) is 11.4 Å². The van der Waals surface area contributed by atoms with Crippen molar-refractivity contribution in [3.63, 3.8) is 0 Å². The minimum absolute atomic E-state index is 0.0630. The number of ether oxygens (including phenoxy) is 1. The number of unbranched alkanes of at least 4 members (excludes halogenated alkanes) is 1. The van der Waals surface area contributed by atoms with Gasteiger partial charge in [-0.2, -0.15) is 0 Å². The fourth-order valence-corrected chi connectivity index (χ4v) is 1.47. The van der Waals surface area contributed by atoms with Crippen LogP contribution in [0.25, 0.3) is 0 Å². The molecular formula is C10H12BrNO3. The minimum Gasteiger partial charge on any atom is -0.493 e. The fourth-order valence-electron chi connectivity index (χ4n) is 1.07. The minimum atomic E-state index is -0.425. The van der Waals surface area contributed by atoms with Crippen LogP contribution in [0, 0.1) is 10.1 Å². The highest BCUT2D eigenvalue weighted by molar-refractivity contribution is 9.09. The number of halogens is 1. The fraction of sp³-hybridized carbons (Fsp3) is 0.400. The molecule has 0 N–H and O–H groups in total. The number of alkyl halides is 1. The Morgan fingerprint density at radius 1 is 1.40 bits per heavy atom. The van der Waals surface area contributed by atoms with Crippen LogP contribution in [0.1, 0.15) is 12.8 Å². The molecule has 0 saturated carbocycles. The van der Waals surface area contributed by atoms with E-state index in [1.807, 2.05) is 0 Å². The molecule has 82 valence electrons. The molecule has 0 aliphatic rings. The van der Waals surface area contributed by atoms with Gasteiger partial charge in [0.05, 0.1) is 17.6 Å². The number of nitrogens with zero attached hydrogens (tertiary/aromatic N) is 1. The Balaban J connectivity index is 2.47. The zero-order valence-corrected chi connectivity index (χ0v) is 9.77. The van der Waals surface area contributed by atoms with E-state index < -0.39 is 4.92 Å². The molecule has 0 aliphatic carbocycles. The van der Waals surface area contributed by atoms with Crippen LogP contribution in [0.3, 0.4) is 0 Å². The van der Waals surface area contributed by atoms with Crippen molar-refractivity contribution in [1.82, 2.24) is 0 Å². The van der Waals surface area contributed by atoms with Crippen LogP contribution in [0.2, 0.25) is 0 Å². The summed E-state index contributed by atoms with van der Waals surface area (Å²) in [5.41, 5.74) is 0.0630. The normalized spacial score (nSPS) is 9.93. The highest BCUT2D eigenvalue weighted by atomic mass is 79.9. The van der Waals surface area contributed by atoms with Gasteiger partial charge in [-0.1, -0.05) is 22.0 Å². The van der Waals surface area contributed by atoms with Crippen molar-refractivity contribution < 1.29 is 9.66 Å². The summed E-state index contributed by atoms with van der Waals surface area (Å²) in [7, 11) is 0. The monoisotopic (exact) mass is 273 g/mol. The Bertz CT molecular complexity index is 330. The number of hydrogen-bond acceptors (Lipinski definition) is 3. The molecule has 1 aromatic carbocycles. The Kier molecular flexibility index (Phi) is 5.10. The van der Waals surface area contributed by atoms with Gasteiger partial charge < -0.3 is 4.74 Å². The molecular weight excluding hydrogens is 262 g/mol. The van der Waals surface area contributed by atoms with Crippen LogP contribution < -0.4 is 4.74 Å². The predicted octanol–water partition coefficient (Wildman–Crippen LogP) is 3.15. The van der Waals surface area contributed by atoms with Crippen molar-refractivity contribution >= 4 is 21.6 Å². The van der Waals surface area contributed by atoms with Gasteiger partial charge in [-0.25, -0.2) is 0 Å². The molecule has 15 heavy (non-hydrogen) atoms. The standard InChI is InChI=1S/C10H12BrNO3/c11-6-1-2-7-15-10-5-3-4-9(8-10)12(13)14/h3-5,8H,1-2,6-7H2. The van der Waals surface area contributed by atoms with Crippen LogP contribution in [0.15, 0.2) is 24.3 Å². The number of nitro groups is 1. The first-order valence-electron chi connectivity index (χ1n) is 4.67. The molecule has 4 nitrogen and oxygen atoms in total. The van der Waals surface area contributed by atoms with Crippen LogP contribution >= 0.6 is 15.9 Å². The lowest BCUT2D eigenvalue weighted by Gasteiger charge is -2.04. The van der Waals surface area contributed by atoms with Gasteiger partial charge in [0.2, 0.25) is 0 Å². The quantitative estimate of drug-likeness (QED) is 0.346. The molecule has 0 heterocycles. The number of hydrogen-bond donors (Lipinski definition) is 0. The van der Waals surface area contributed by atoms with Crippen LogP contribution in [0.4, 0.5) is 5.69 Å². The van der Waals surface area contributed by atoms with Gasteiger partial charge in [-0.3, -0.25) is 10.1 Å². The summed E-state index contributed by atoms with van der Waals surface area (Å²) in [5, 5.41) is 11.4. The van der Waals surface area contributed by atoms with Gasteiger partial charge in [-0.15, -0.1) is 0 Å². The average Bonchev–Trinajstić information content (AvgIpc) is 2.25. The van der Waals surface area contributed by atoms with E-state index in [-0.39, 0.29) is 5.69 Å². The maximum atomic E-state index is 10.5. The lowest BCUT2D eigenvalue weighted by Crippen LogP contribution is -1.98. The lowest BCUT2D eigenvalue weighted by molar-refractivity contribution is -0.384. The number of benzene rings is 1. The summed E-state index contributed by atoms with van der Waals surface area (Å²) >= 11 is 3.32. The van der Waals surface area contributed by atoms with E-state index in [1.165, 1.54) is 12.1 Å². The lowest BCUT2D eigenvalue weighted by atomic mass is 10.3. The van der Waals surface area contributed by atoms with Gasteiger partial charge in [0.15, 0.2) is 0 Å². The third-order valence-corrected chi connectivity index (χ3v) is 2.39. The second-order valence-electron chi connectivity index (χ2n) is 3.00. The molecule has 0 spiro atoms. The summed E-state index contributed by atoms with van der Waals surface area (Å²) in [4.78, 5) is 10.0. The van der Waals surface area contributed by atoms with Crippen LogP contribution in [0.5, 0.6) is 5.75 Å². The SMILES string of the molecule is O=[N+]([O-])c1cccc(OCCCCBr)c1. The first-order valence-corrected chi connectivity index (χ1v) is 5.79. The van der Waals surface area contributed by atoms with Crippen LogP contribution in [-0.4, -0.2) is 16.9 Å². The van der Waals surface area contributed by atoms with Crippen molar-refractivity contribution in [2.24, 2.45) is 0 Å². The Morgan fingerprint density at radius 3 is 2.87 bits per heavy atom. The van der Waals surface area contributed by atoms with Gasteiger partial charge in [0.1, 0.15) is 5.75 Å². The molecule has 0 saturated heterocycles. The van der Waals surface area contributed by atoms with Crippen molar-refractivity contribution in [1.29, 1.82) is 0 Å². The second kappa shape index (κ2) is 6.40. The molecule has 0 bridgehead atoms. The third-order valence-electron chi connectivity index (χ3n) is 1.83. The van der Waals surface area contributed by atoms with Gasteiger partial charge >= 0.3 is 0 Å². The van der Waals surface area contributed by atoms with E-state index in [0.29, 0.717) is 12.4 Å². The summed E-state index contributed by atoms with van der Waals surface area (Å²) in [6.45, 7) is 0.590. The van der Waals surface area contributed by atoms with Crippen LogP contribution in [-0.2, 0) is 0 Å². The maximum absolute atomic E-state index is 10.5. The summed E-state index contributed by atoms with van der Waals surface area (Å²) in [6, 6.07) is 6.23. The Hall–Kier alpha value is -1.10. The van der Waals surface area contributed by atoms with Crippen molar-refractivity contribution in [3.05, 3.63) is 34.4 Å². The first-order chi connectivity index (χ1) is 7.24. The molecule has 1 rings (SSSR count).